The molecule has 0 atom stereocenters. The second kappa shape index (κ2) is 9.28. The number of nitrogens with two attached hydrogens (primary N) is 1. The Kier molecular flexibility index (Phi) is 6.29. The van der Waals surface area contributed by atoms with Crippen LogP contribution < -0.4 is 16.5 Å². The van der Waals surface area contributed by atoms with Crippen LogP contribution in [0.4, 0.5) is 5.69 Å². The van der Waals surface area contributed by atoms with Crippen molar-refractivity contribution in [2.45, 2.75) is 19.8 Å². The van der Waals surface area contributed by atoms with E-state index in [-0.39, 0.29) is 11.8 Å². The van der Waals surface area contributed by atoms with Gasteiger partial charge in [0.15, 0.2) is 5.82 Å². The maximum Gasteiger partial charge on any atom is 0.257 e. The summed E-state index contributed by atoms with van der Waals surface area (Å²) in [5, 5.41) is 4.70. The molecule has 4 rings (SSSR count). The first-order chi connectivity index (χ1) is 15.0. The zero-order valence-electron chi connectivity index (χ0n) is 18.0. The van der Waals surface area contributed by atoms with Gasteiger partial charge in [-0.2, -0.15) is 0 Å². The number of amidine groups is 1. The van der Waals surface area contributed by atoms with Crippen molar-refractivity contribution in [3.05, 3.63) is 65.3 Å². The summed E-state index contributed by atoms with van der Waals surface area (Å²) < 4.78 is 0. The SMILES string of the molecule is Cc1ccc(N=C(/C=C(\N)C2CCN(C)CC2)NC(=O)C2=C3N=CC=CN3NC2)cc1. The van der Waals surface area contributed by atoms with Crippen LogP contribution in [-0.4, -0.2) is 54.5 Å². The Hall–Kier alpha value is -3.23. The number of aliphatic imine (C=N–C) groups is 2. The van der Waals surface area contributed by atoms with Crippen molar-refractivity contribution < 1.29 is 4.79 Å². The molecule has 0 aliphatic carbocycles. The number of likely N-dealkylation sites (tertiary alicyclic amines) is 1. The average molecular weight is 420 g/mol. The molecule has 31 heavy (non-hydrogen) atoms. The third kappa shape index (κ3) is 5.10. The van der Waals surface area contributed by atoms with Crippen LogP contribution in [0.5, 0.6) is 0 Å². The third-order valence-electron chi connectivity index (χ3n) is 5.73. The fourth-order valence-corrected chi connectivity index (χ4v) is 3.81. The van der Waals surface area contributed by atoms with E-state index in [0.717, 1.165) is 42.9 Å². The number of carbonyl (C=O) groups excluding carboxylic acids is 1. The highest BCUT2D eigenvalue weighted by Gasteiger charge is 2.27. The fourth-order valence-electron chi connectivity index (χ4n) is 3.81. The molecule has 4 N–H and O–H groups in total. The summed E-state index contributed by atoms with van der Waals surface area (Å²) >= 11 is 0. The molecular formula is C23H29N7O. The minimum Gasteiger partial charge on any atom is -0.402 e. The van der Waals surface area contributed by atoms with Crippen molar-refractivity contribution in [2.24, 2.45) is 21.6 Å². The van der Waals surface area contributed by atoms with E-state index in [1.165, 1.54) is 0 Å². The highest BCUT2D eigenvalue weighted by molar-refractivity contribution is 6.11. The van der Waals surface area contributed by atoms with Gasteiger partial charge in [-0.3, -0.25) is 9.80 Å². The van der Waals surface area contributed by atoms with Gasteiger partial charge in [-0.25, -0.2) is 15.4 Å². The highest BCUT2D eigenvalue weighted by Crippen LogP contribution is 2.22. The Morgan fingerprint density at radius 1 is 1.29 bits per heavy atom. The normalized spacial score (nSPS) is 20.4. The van der Waals surface area contributed by atoms with Crippen LogP contribution >= 0.6 is 0 Å². The van der Waals surface area contributed by atoms with Gasteiger partial charge in [-0.15, -0.1) is 0 Å². The quantitative estimate of drug-likeness (QED) is 0.512. The van der Waals surface area contributed by atoms with Crippen molar-refractivity contribution in [2.75, 3.05) is 26.7 Å². The lowest BCUT2D eigenvalue weighted by atomic mass is 9.93. The molecule has 3 heterocycles. The molecule has 8 heteroatoms. The van der Waals surface area contributed by atoms with E-state index >= 15 is 0 Å². The molecule has 0 unspecified atom stereocenters. The molecule has 0 aromatic heterocycles. The van der Waals surface area contributed by atoms with Crippen molar-refractivity contribution in [3.8, 4) is 0 Å². The molecule has 0 spiro atoms. The van der Waals surface area contributed by atoms with Crippen LogP contribution in [0.1, 0.15) is 18.4 Å². The average Bonchev–Trinajstić information content (AvgIpc) is 3.20. The number of benzene rings is 1. The summed E-state index contributed by atoms with van der Waals surface area (Å²) in [6, 6.07) is 7.85. The van der Waals surface area contributed by atoms with Crippen LogP contribution in [-0.2, 0) is 4.79 Å². The number of rotatable bonds is 4. The van der Waals surface area contributed by atoms with Crippen LogP contribution in [0.15, 0.2) is 69.7 Å². The van der Waals surface area contributed by atoms with E-state index in [4.69, 9.17) is 5.73 Å². The fraction of sp³-hybridized carbons (Fsp3) is 0.348. The topological polar surface area (TPSA) is 98.3 Å². The van der Waals surface area contributed by atoms with Gasteiger partial charge in [-0.1, -0.05) is 17.7 Å². The molecule has 1 aromatic carbocycles. The highest BCUT2D eigenvalue weighted by atomic mass is 16.2. The number of hydrogen-bond acceptors (Lipinski definition) is 7. The summed E-state index contributed by atoms with van der Waals surface area (Å²) in [5.74, 6) is 1.08. The van der Waals surface area contributed by atoms with E-state index in [9.17, 15) is 4.79 Å². The third-order valence-corrected chi connectivity index (χ3v) is 5.73. The molecule has 1 aromatic rings. The Labute approximate surface area is 182 Å². The number of hydrazine groups is 1. The number of allylic oxidation sites excluding steroid dienone is 2. The predicted octanol–water partition coefficient (Wildman–Crippen LogP) is 1.96. The number of amides is 1. The number of hydrogen-bond donors (Lipinski definition) is 3. The number of piperidine rings is 1. The van der Waals surface area contributed by atoms with E-state index in [0.29, 0.717) is 23.8 Å². The van der Waals surface area contributed by atoms with Gasteiger partial charge in [0.2, 0.25) is 0 Å². The number of nitrogens with zero attached hydrogens (tertiary/aromatic N) is 4. The van der Waals surface area contributed by atoms with Gasteiger partial charge in [0.1, 0.15) is 5.84 Å². The van der Waals surface area contributed by atoms with Gasteiger partial charge in [-0.05, 0) is 64.2 Å². The first kappa shape index (κ1) is 21.0. The second-order valence-corrected chi connectivity index (χ2v) is 8.14. The minimum atomic E-state index is -0.240. The smallest absolute Gasteiger partial charge is 0.257 e. The molecule has 0 bridgehead atoms. The van der Waals surface area contributed by atoms with Crippen molar-refractivity contribution >= 4 is 23.6 Å². The first-order valence-corrected chi connectivity index (χ1v) is 10.6. The van der Waals surface area contributed by atoms with Gasteiger partial charge < -0.3 is 16.0 Å². The Morgan fingerprint density at radius 2 is 2.03 bits per heavy atom. The van der Waals surface area contributed by atoms with E-state index < -0.39 is 0 Å². The van der Waals surface area contributed by atoms with Crippen LogP contribution in [0, 0.1) is 12.8 Å². The van der Waals surface area contributed by atoms with Crippen LogP contribution in [0.25, 0.3) is 0 Å². The van der Waals surface area contributed by atoms with Crippen molar-refractivity contribution in [3.63, 3.8) is 0 Å². The molecule has 3 aliphatic rings. The van der Waals surface area contributed by atoms with Crippen molar-refractivity contribution in [1.29, 1.82) is 0 Å². The maximum absolute atomic E-state index is 13.1. The number of carbonyl (C=O) groups is 1. The monoisotopic (exact) mass is 419 g/mol. The summed E-state index contributed by atoms with van der Waals surface area (Å²) in [7, 11) is 2.12. The number of aryl methyl sites for hydroxylation is 1. The van der Waals surface area contributed by atoms with E-state index in [2.05, 4.69) is 32.7 Å². The van der Waals surface area contributed by atoms with Gasteiger partial charge in [0.05, 0.1) is 11.3 Å². The molecule has 3 aliphatic heterocycles. The standard InChI is InChI=1S/C23H29N7O/c1-16-4-6-18(7-5-16)27-21(14-20(24)17-8-12-29(2)13-9-17)28-23(31)19-15-26-30-11-3-10-25-22(19)30/h3-7,10-11,14,17,26H,8-9,12-13,15,24H2,1-2H3,(H,27,28,31)/b20-14-. The summed E-state index contributed by atoms with van der Waals surface area (Å²) in [6.07, 6.45) is 9.13. The number of nitrogens with one attached hydrogen (secondary N) is 2. The van der Waals surface area contributed by atoms with Crippen molar-refractivity contribution in [1.82, 2.24) is 20.7 Å². The molecule has 162 valence electrons. The molecule has 1 amide bonds. The summed E-state index contributed by atoms with van der Waals surface area (Å²) in [6.45, 7) is 4.45. The largest absolute Gasteiger partial charge is 0.402 e. The zero-order chi connectivity index (χ0) is 21.8. The van der Waals surface area contributed by atoms with E-state index in [1.54, 1.807) is 11.2 Å². The molecule has 1 fully saturated rings. The predicted molar refractivity (Wildman–Crippen MR) is 123 cm³/mol. The molecule has 0 saturated carbocycles. The van der Waals surface area contributed by atoms with Gasteiger partial charge in [0.25, 0.3) is 5.91 Å². The van der Waals surface area contributed by atoms with Crippen LogP contribution in [0.2, 0.25) is 0 Å². The van der Waals surface area contributed by atoms with E-state index in [1.807, 2.05) is 49.5 Å². The molecule has 0 radical (unpaired) electrons. The lowest BCUT2D eigenvalue weighted by Gasteiger charge is -2.29. The molecule has 8 nitrogen and oxygen atoms in total. The Morgan fingerprint density at radius 3 is 2.77 bits per heavy atom. The van der Waals surface area contributed by atoms with Crippen LogP contribution in [0.3, 0.4) is 0 Å². The lowest BCUT2D eigenvalue weighted by molar-refractivity contribution is -0.116. The first-order valence-electron chi connectivity index (χ1n) is 10.6. The minimum absolute atomic E-state index is 0.240. The number of fused-ring (bicyclic) bond motifs is 1. The molecule has 1 saturated heterocycles. The maximum atomic E-state index is 13.1. The second-order valence-electron chi connectivity index (χ2n) is 8.14. The Bertz CT molecular complexity index is 980. The summed E-state index contributed by atoms with van der Waals surface area (Å²) in [5.41, 5.74) is 12.8. The lowest BCUT2D eigenvalue weighted by Crippen LogP contribution is -2.35. The molecular weight excluding hydrogens is 390 g/mol. The van der Waals surface area contributed by atoms with Gasteiger partial charge in [0, 0.05) is 30.6 Å². The summed E-state index contributed by atoms with van der Waals surface area (Å²) in [4.78, 5) is 24.4. The van der Waals surface area contributed by atoms with Gasteiger partial charge >= 0.3 is 0 Å². The zero-order valence-corrected chi connectivity index (χ0v) is 18.0. The Balaban J connectivity index is 1.59.